The van der Waals surface area contributed by atoms with Gasteiger partial charge in [0.15, 0.2) is 0 Å². The molecule has 4 nitrogen and oxygen atoms in total. The van der Waals surface area contributed by atoms with E-state index in [1.54, 1.807) is 5.57 Å². The zero-order chi connectivity index (χ0) is 41.7. The summed E-state index contributed by atoms with van der Waals surface area (Å²) in [5.41, 5.74) is 15.5. The summed E-state index contributed by atoms with van der Waals surface area (Å²) in [6.45, 7) is 0. The third-order valence-electron chi connectivity index (χ3n) is 14.3. The standard InChI is InChI=1S/C58H61N4/c1-62-57(48-21-12-5-13-22-48)38-37-53(45-19-10-4-11-20-45)61-58(62)51-24-14-23-49(39-51)54-35-36-55(59-54)50-33-34-52(46-29-25-43(26-30-46)41-15-6-2-7-16-41)60-56(40-50)47-31-27-44(28-32-47)42-17-8-3-9-18-42/h2-3,5-9,12-13,15-17,19,21-22,24-25,27-33,35-36,39-40,42-43,52-53,57-58,60-61H,4,10-11,14,18,20,23,26,34,37-38H2,1H3/q+1. The first-order chi connectivity index (χ1) is 30.6. The maximum atomic E-state index is 5.43. The van der Waals surface area contributed by atoms with E-state index in [1.807, 2.05) is 0 Å². The molecule has 1 fully saturated rings. The summed E-state index contributed by atoms with van der Waals surface area (Å²) in [4.78, 5) is 2.61. The molecule has 0 saturated carbocycles. The van der Waals surface area contributed by atoms with E-state index in [0.717, 1.165) is 62.1 Å². The quantitative estimate of drug-likeness (QED) is 0.167. The van der Waals surface area contributed by atoms with Crippen molar-refractivity contribution in [3.8, 4) is 0 Å². The van der Waals surface area contributed by atoms with Gasteiger partial charge in [0.25, 0.3) is 0 Å². The number of hydrogen-bond donors (Lipinski definition) is 2. The van der Waals surface area contributed by atoms with Gasteiger partial charge < -0.3 is 5.32 Å². The largest absolute Gasteiger partial charge is 0.377 e. The maximum absolute atomic E-state index is 5.43. The summed E-state index contributed by atoms with van der Waals surface area (Å²) in [5, 5.41) is 8.23. The van der Waals surface area contributed by atoms with Crippen LogP contribution in [0.2, 0.25) is 0 Å². The molecular formula is C58H61N4+. The zero-order valence-corrected chi connectivity index (χ0v) is 36.3. The molecule has 0 spiro atoms. The zero-order valence-electron chi connectivity index (χ0n) is 36.3. The minimum atomic E-state index is 0.126. The first-order valence-electron chi connectivity index (χ1n) is 23.4. The van der Waals surface area contributed by atoms with E-state index in [1.165, 1.54) is 70.2 Å². The number of nitrogens with one attached hydrogen (secondary N) is 2. The van der Waals surface area contributed by atoms with Crippen LogP contribution in [0.25, 0.3) is 5.70 Å². The maximum Gasteiger partial charge on any atom is 0.335 e. The van der Waals surface area contributed by atoms with Gasteiger partial charge in [-0.1, -0.05) is 156 Å². The Balaban J connectivity index is 0.948. The van der Waals surface area contributed by atoms with Gasteiger partial charge in [-0.15, -0.1) is 0 Å². The van der Waals surface area contributed by atoms with Gasteiger partial charge in [-0.05, 0) is 123 Å². The fourth-order valence-electron chi connectivity index (χ4n) is 10.7. The number of benzene rings is 3. The molecule has 62 heavy (non-hydrogen) atoms. The molecule has 3 heterocycles. The molecule has 7 aliphatic rings. The smallest absolute Gasteiger partial charge is 0.335 e. The Morgan fingerprint density at radius 2 is 1.40 bits per heavy atom. The predicted molar refractivity (Wildman–Crippen MR) is 261 cm³/mol. The number of hydrogen-bond acceptors (Lipinski definition) is 3. The van der Waals surface area contributed by atoms with Crippen LogP contribution in [0.5, 0.6) is 0 Å². The molecule has 3 aliphatic heterocycles. The van der Waals surface area contributed by atoms with E-state index >= 15 is 0 Å². The van der Waals surface area contributed by atoms with Crippen molar-refractivity contribution in [3.05, 3.63) is 220 Å². The first kappa shape index (κ1) is 40.3. The molecule has 0 radical (unpaired) electrons. The third kappa shape index (κ3) is 8.92. The van der Waals surface area contributed by atoms with Gasteiger partial charge in [0.05, 0.1) is 17.8 Å². The summed E-state index contributed by atoms with van der Waals surface area (Å²) in [6.07, 6.45) is 45.3. The summed E-state index contributed by atoms with van der Waals surface area (Å²) >= 11 is 0. The first-order valence-corrected chi connectivity index (χ1v) is 23.4. The highest BCUT2D eigenvalue weighted by molar-refractivity contribution is 6.23. The van der Waals surface area contributed by atoms with Crippen molar-refractivity contribution in [3.63, 3.8) is 0 Å². The highest BCUT2D eigenvalue weighted by Gasteiger charge is 2.35. The number of likely N-dealkylation sites (N-methyl/N-ethyl adjacent to an activating group) is 1. The molecule has 2 N–H and O–H groups in total. The summed E-state index contributed by atoms with van der Waals surface area (Å²) in [6, 6.07) is 32.2. The SMILES string of the molecule is CN1C(C2=CCCC(C3=[N+]=C(C4=CCC(C5=CCC(c6ccccc6)C=C5)NC(c5ccc(C6C=CC=CC6)cc5)=C4)C=C3)=C2)NC(C2=CCCCC2)CCC1c1ccccc1. The van der Waals surface area contributed by atoms with Crippen LogP contribution in [0.3, 0.4) is 0 Å². The van der Waals surface area contributed by atoms with Crippen LogP contribution in [0.1, 0.15) is 111 Å². The molecule has 0 bridgehead atoms. The molecule has 4 aliphatic carbocycles. The van der Waals surface area contributed by atoms with Crippen LogP contribution in [0.15, 0.2) is 198 Å². The Bertz CT molecular complexity index is 2510. The second kappa shape index (κ2) is 18.7. The van der Waals surface area contributed by atoms with Crippen molar-refractivity contribution in [2.75, 3.05) is 7.05 Å². The lowest BCUT2D eigenvalue weighted by atomic mass is 9.87. The number of nitrogens with zero attached hydrogens (tertiary/aromatic N) is 2. The van der Waals surface area contributed by atoms with E-state index in [4.69, 9.17) is 4.67 Å². The lowest BCUT2D eigenvalue weighted by Crippen LogP contribution is -2.48. The van der Waals surface area contributed by atoms with Crippen LogP contribution in [-0.4, -0.2) is 41.6 Å². The number of allylic oxidation sites excluding steroid dienone is 13. The van der Waals surface area contributed by atoms with Crippen LogP contribution in [0.4, 0.5) is 0 Å². The fraction of sp³-hybridized carbons (Fsp3) is 0.310. The van der Waals surface area contributed by atoms with Crippen molar-refractivity contribution in [1.29, 1.82) is 0 Å². The molecular weight excluding hydrogens is 753 g/mol. The van der Waals surface area contributed by atoms with Crippen LogP contribution in [0, 0.1) is 0 Å². The van der Waals surface area contributed by atoms with Crippen LogP contribution < -0.4 is 15.3 Å². The van der Waals surface area contributed by atoms with E-state index in [-0.39, 0.29) is 12.2 Å². The van der Waals surface area contributed by atoms with Crippen molar-refractivity contribution in [1.82, 2.24) is 20.2 Å². The fourth-order valence-corrected chi connectivity index (χ4v) is 10.7. The van der Waals surface area contributed by atoms with Crippen molar-refractivity contribution >= 4 is 17.1 Å². The lowest BCUT2D eigenvalue weighted by molar-refractivity contribution is 0.182. The summed E-state index contributed by atoms with van der Waals surface area (Å²) < 4.78 is 5.43. The highest BCUT2D eigenvalue weighted by atomic mass is 15.3. The topological polar surface area (TPSA) is 41.4 Å². The molecule has 6 atom stereocenters. The number of rotatable bonds is 9. The molecule has 3 aromatic carbocycles. The lowest BCUT2D eigenvalue weighted by Gasteiger charge is -2.36. The second-order valence-corrected chi connectivity index (χ2v) is 18.2. The van der Waals surface area contributed by atoms with Crippen LogP contribution >= 0.6 is 0 Å². The van der Waals surface area contributed by atoms with E-state index in [9.17, 15) is 0 Å². The molecule has 10 rings (SSSR count). The van der Waals surface area contributed by atoms with Gasteiger partial charge in [-0.2, -0.15) is 0 Å². The normalized spacial score (nSPS) is 27.6. The van der Waals surface area contributed by atoms with Crippen molar-refractivity contribution < 1.29 is 0 Å². The van der Waals surface area contributed by atoms with E-state index in [0.29, 0.717) is 23.9 Å². The van der Waals surface area contributed by atoms with Gasteiger partial charge in [0, 0.05) is 47.3 Å². The Morgan fingerprint density at radius 1 is 0.613 bits per heavy atom. The van der Waals surface area contributed by atoms with Gasteiger partial charge in [-0.25, -0.2) is 0 Å². The van der Waals surface area contributed by atoms with Gasteiger partial charge >= 0.3 is 11.4 Å². The van der Waals surface area contributed by atoms with Gasteiger partial charge in [0.2, 0.25) is 0 Å². The van der Waals surface area contributed by atoms with Crippen molar-refractivity contribution in [2.24, 2.45) is 0 Å². The van der Waals surface area contributed by atoms with Crippen molar-refractivity contribution in [2.45, 2.75) is 107 Å². The second-order valence-electron chi connectivity index (χ2n) is 18.2. The molecule has 6 unspecified atom stereocenters. The Kier molecular flexibility index (Phi) is 12.1. The minimum absolute atomic E-state index is 0.126. The minimum Gasteiger partial charge on any atom is -0.377 e. The summed E-state index contributed by atoms with van der Waals surface area (Å²) in [5.74, 6) is 0.846. The Morgan fingerprint density at radius 3 is 2.16 bits per heavy atom. The van der Waals surface area contributed by atoms with Gasteiger partial charge in [0.1, 0.15) is 0 Å². The average molecular weight is 814 g/mol. The highest BCUT2D eigenvalue weighted by Crippen LogP contribution is 2.37. The van der Waals surface area contributed by atoms with E-state index in [2.05, 4.69) is 193 Å². The molecule has 0 amide bonds. The summed E-state index contributed by atoms with van der Waals surface area (Å²) in [7, 11) is 2.33. The van der Waals surface area contributed by atoms with E-state index < -0.39 is 0 Å². The van der Waals surface area contributed by atoms with Gasteiger partial charge in [-0.3, -0.25) is 10.2 Å². The Hall–Kier alpha value is -5.77. The monoisotopic (exact) mass is 813 g/mol. The third-order valence-corrected chi connectivity index (χ3v) is 14.3. The molecule has 0 aromatic heterocycles. The average Bonchev–Trinajstić information content (AvgIpc) is 3.65. The van der Waals surface area contributed by atoms with Crippen LogP contribution in [-0.2, 0) is 0 Å². The Labute approximate surface area is 369 Å². The molecule has 4 heteroatoms. The molecule has 3 aromatic rings. The predicted octanol–water partition coefficient (Wildman–Crippen LogP) is 12.0. The molecule has 312 valence electrons. The molecule has 1 saturated heterocycles.